The lowest BCUT2D eigenvalue weighted by molar-refractivity contribution is -0.139. The summed E-state index contributed by atoms with van der Waals surface area (Å²) in [7, 11) is 1.45. The van der Waals surface area contributed by atoms with Gasteiger partial charge in [0.2, 0.25) is 0 Å². The monoisotopic (exact) mass is 214 g/mol. The highest BCUT2D eigenvalue weighted by Gasteiger charge is 2.20. The van der Waals surface area contributed by atoms with E-state index in [1.807, 2.05) is 0 Å². The van der Waals surface area contributed by atoms with Crippen LogP contribution in [0.5, 0.6) is 0 Å². The average Bonchev–Trinajstić information content (AvgIpc) is 2.17. The third-order valence-corrected chi connectivity index (χ3v) is 1.69. The summed E-state index contributed by atoms with van der Waals surface area (Å²) in [5, 5.41) is 19.5. The van der Waals surface area contributed by atoms with Crippen LogP contribution >= 0.6 is 0 Å². The van der Waals surface area contributed by atoms with Crippen molar-refractivity contribution in [1.29, 1.82) is 0 Å². The lowest BCUT2D eigenvalue weighted by Crippen LogP contribution is -2.47. The molecular formula is C9H14N2O4. The van der Waals surface area contributed by atoms with Crippen molar-refractivity contribution in [3.05, 3.63) is 0 Å². The molecule has 0 unspecified atom stereocenters. The first-order valence-electron chi connectivity index (χ1n) is 4.31. The molecule has 0 aromatic rings. The summed E-state index contributed by atoms with van der Waals surface area (Å²) in [5.74, 6) is 1.06. The second-order valence-electron chi connectivity index (χ2n) is 2.91. The molecule has 0 spiro atoms. The Morgan fingerprint density at radius 3 is 2.60 bits per heavy atom. The van der Waals surface area contributed by atoms with E-state index < -0.39 is 18.0 Å². The summed E-state index contributed by atoms with van der Waals surface area (Å²) >= 11 is 0. The van der Waals surface area contributed by atoms with Crippen LogP contribution in [0.15, 0.2) is 0 Å². The van der Waals surface area contributed by atoms with Crippen LogP contribution in [0.4, 0.5) is 4.79 Å². The maximum absolute atomic E-state index is 11.3. The van der Waals surface area contributed by atoms with Gasteiger partial charge >= 0.3 is 12.0 Å². The summed E-state index contributed by atoms with van der Waals surface area (Å²) in [6, 6.07) is -1.67. The van der Waals surface area contributed by atoms with E-state index in [0.29, 0.717) is 0 Å². The van der Waals surface area contributed by atoms with Gasteiger partial charge in [-0.05, 0) is 0 Å². The minimum absolute atomic E-state index is 0.0367. The standard InChI is InChI=1S/C9H14N2O4/c1-3-5-11(2)9(15)10-7(4-6-12)8(13)14/h1,7,12H,4-6H2,2H3,(H,10,15)(H,13,14)/t7-/m1/s1. The third-order valence-electron chi connectivity index (χ3n) is 1.69. The van der Waals surface area contributed by atoms with E-state index in [2.05, 4.69) is 11.2 Å². The van der Waals surface area contributed by atoms with Crippen LogP contribution in [0.25, 0.3) is 0 Å². The molecule has 2 amide bonds. The molecule has 0 aliphatic rings. The van der Waals surface area contributed by atoms with E-state index in [4.69, 9.17) is 16.6 Å². The van der Waals surface area contributed by atoms with Gasteiger partial charge in [-0.15, -0.1) is 6.42 Å². The van der Waals surface area contributed by atoms with Gasteiger partial charge < -0.3 is 20.4 Å². The summed E-state index contributed by atoms with van der Waals surface area (Å²) in [5.41, 5.74) is 0. The van der Waals surface area contributed by atoms with Gasteiger partial charge in [0.1, 0.15) is 6.04 Å². The van der Waals surface area contributed by atoms with Crippen LogP contribution in [-0.4, -0.2) is 53.4 Å². The van der Waals surface area contributed by atoms with Gasteiger partial charge in [0.05, 0.1) is 6.54 Å². The second kappa shape index (κ2) is 6.68. The number of carboxylic acids is 1. The maximum Gasteiger partial charge on any atom is 0.326 e. The predicted molar refractivity (Wildman–Crippen MR) is 53.1 cm³/mol. The molecule has 0 aromatic heterocycles. The average molecular weight is 214 g/mol. The van der Waals surface area contributed by atoms with E-state index >= 15 is 0 Å². The Morgan fingerprint density at radius 1 is 1.60 bits per heavy atom. The molecule has 15 heavy (non-hydrogen) atoms. The molecule has 0 fully saturated rings. The molecule has 0 saturated carbocycles. The van der Waals surface area contributed by atoms with E-state index in [1.54, 1.807) is 0 Å². The second-order valence-corrected chi connectivity index (χ2v) is 2.91. The fourth-order valence-electron chi connectivity index (χ4n) is 0.854. The van der Waals surface area contributed by atoms with Gasteiger partial charge in [-0.3, -0.25) is 0 Å². The van der Waals surface area contributed by atoms with E-state index in [-0.39, 0.29) is 19.6 Å². The molecule has 3 N–H and O–H groups in total. The highest BCUT2D eigenvalue weighted by molar-refractivity contribution is 5.82. The number of amides is 2. The van der Waals surface area contributed by atoms with Crippen molar-refractivity contribution in [3.8, 4) is 12.3 Å². The molecule has 0 heterocycles. The van der Waals surface area contributed by atoms with Gasteiger partial charge in [-0.1, -0.05) is 5.92 Å². The van der Waals surface area contributed by atoms with Crippen molar-refractivity contribution >= 4 is 12.0 Å². The summed E-state index contributed by atoms with van der Waals surface area (Å²) in [6.45, 7) is -0.215. The molecule has 0 bridgehead atoms. The molecular weight excluding hydrogens is 200 g/mol. The smallest absolute Gasteiger partial charge is 0.326 e. The van der Waals surface area contributed by atoms with Gasteiger partial charge in [0.25, 0.3) is 0 Å². The molecule has 84 valence electrons. The van der Waals surface area contributed by atoms with Gasteiger partial charge in [0, 0.05) is 20.1 Å². The van der Waals surface area contributed by atoms with Crippen molar-refractivity contribution in [1.82, 2.24) is 10.2 Å². The molecule has 0 saturated heterocycles. The number of carboxylic acid groups (broad SMARTS) is 1. The number of aliphatic hydroxyl groups is 1. The Bertz CT molecular complexity index is 272. The van der Waals surface area contributed by atoms with Gasteiger partial charge in [-0.2, -0.15) is 0 Å². The SMILES string of the molecule is C#CCN(C)C(=O)N[C@H](CCO)C(=O)O. The zero-order chi connectivity index (χ0) is 11.8. The van der Waals surface area contributed by atoms with Crippen LogP contribution in [0.3, 0.4) is 0 Å². The molecule has 0 rings (SSSR count). The summed E-state index contributed by atoms with van der Waals surface area (Å²) < 4.78 is 0. The van der Waals surface area contributed by atoms with Crippen molar-refractivity contribution in [2.45, 2.75) is 12.5 Å². The number of aliphatic carboxylic acids is 1. The number of carbonyl (C=O) groups is 2. The number of aliphatic hydroxyl groups excluding tert-OH is 1. The van der Waals surface area contributed by atoms with Crippen molar-refractivity contribution < 1.29 is 19.8 Å². The molecule has 6 heteroatoms. The number of urea groups is 1. The lowest BCUT2D eigenvalue weighted by atomic mass is 10.2. The Kier molecular flexibility index (Phi) is 5.90. The van der Waals surface area contributed by atoms with Crippen molar-refractivity contribution in [3.63, 3.8) is 0 Å². The minimum Gasteiger partial charge on any atom is -0.480 e. The topological polar surface area (TPSA) is 89.9 Å². The van der Waals surface area contributed by atoms with Gasteiger partial charge in [-0.25, -0.2) is 9.59 Å². The summed E-state index contributed by atoms with van der Waals surface area (Å²) in [6.07, 6.45) is 4.95. The highest BCUT2D eigenvalue weighted by atomic mass is 16.4. The first kappa shape index (κ1) is 13.3. The Balaban J connectivity index is 4.23. The van der Waals surface area contributed by atoms with E-state index in [0.717, 1.165) is 0 Å². The minimum atomic E-state index is -1.19. The largest absolute Gasteiger partial charge is 0.480 e. The number of hydrogen-bond donors (Lipinski definition) is 3. The number of rotatable bonds is 5. The highest BCUT2D eigenvalue weighted by Crippen LogP contribution is 1.93. The zero-order valence-electron chi connectivity index (χ0n) is 8.43. The van der Waals surface area contributed by atoms with Crippen LogP contribution in [0.1, 0.15) is 6.42 Å². The maximum atomic E-state index is 11.3. The Morgan fingerprint density at radius 2 is 2.20 bits per heavy atom. The van der Waals surface area contributed by atoms with Crippen LogP contribution in [0, 0.1) is 12.3 Å². The number of carbonyl (C=O) groups excluding carboxylic acids is 1. The number of nitrogens with one attached hydrogen (secondary N) is 1. The molecule has 1 atom stereocenters. The lowest BCUT2D eigenvalue weighted by Gasteiger charge is -2.18. The summed E-state index contributed by atoms with van der Waals surface area (Å²) in [4.78, 5) is 23.1. The van der Waals surface area contributed by atoms with E-state index in [1.165, 1.54) is 11.9 Å². The molecule has 0 aromatic carbocycles. The Hall–Kier alpha value is -1.74. The van der Waals surface area contributed by atoms with Crippen molar-refractivity contribution in [2.75, 3.05) is 20.2 Å². The first-order valence-corrected chi connectivity index (χ1v) is 4.31. The first-order chi connectivity index (χ1) is 7.02. The van der Waals surface area contributed by atoms with Crippen LogP contribution < -0.4 is 5.32 Å². The third kappa shape index (κ3) is 4.88. The quantitative estimate of drug-likeness (QED) is 0.517. The molecule has 6 nitrogen and oxygen atoms in total. The Labute approximate surface area is 87.9 Å². The number of terminal acetylenes is 1. The number of nitrogens with zero attached hydrogens (tertiary/aromatic N) is 1. The molecule has 0 radical (unpaired) electrons. The predicted octanol–water partition coefficient (Wildman–Crippen LogP) is -0.903. The van der Waals surface area contributed by atoms with Crippen molar-refractivity contribution in [2.24, 2.45) is 0 Å². The molecule has 0 aliphatic carbocycles. The fraction of sp³-hybridized carbons (Fsp3) is 0.556. The van der Waals surface area contributed by atoms with Crippen LogP contribution in [-0.2, 0) is 4.79 Å². The van der Waals surface area contributed by atoms with E-state index in [9.17, 15) is 9.59 Å². The van der Waals surface area contributed by atoms with Gasteiger partial charge in [0.15, 0.2) is 0 Å². The number of hydrogen-bond acceptors (Lipinski definition) is 3. The normalized spacial score (nSPS) is 11.3. The fourth-order valence-corrected chi connectivity index (χ4v) is 0.854. The zero-order valence-corrected chi connectivity index (χ0v) is 8.43. The molecule has 0 aliphatic heterocycles. The van der Waals surface area contributed by atoms with Crippen LogP contribution in [0.2, 0.25) is 0 Å².